The molecule has 0 spiro atoms. The van der Waals surface area contributed by atoms with Crippen LogP contribution in [0.15, 0.2) is 29.4 Å². The molecule has 0 radical (unpaired) electrons. The van der Waals surface area contributed by atoms with Crippen LogP contribution in [0.25, 0.3) is 0 Å². The molecule has 1 fully saturated rings. The Kier molecular flexibility index (Phi) is 4.35. The summed E-state index contributed by atoms with van der Waals surface area (Å²) in [5.41, 5.74) is 3.10. The van der Waals surface area contributed by atoms with Crippen molar-refractivity contribution >= 4 is 23.1 Å². The van der Waals surface area contributed by atoms with Crippen LogP contribution in [0, 0.1) is 15.5 Å². The van der Waals surface area contributed by atoms with Gasteiger partial charge in [-0.25, -0.2) is 5.43 Å². The number of benzene rings is 1. The van der Waals surface area contributed by atoms with Gasteiger partial charge in [-0.05, 0) is 24.0 Å². The molecule has 0 saturated heterocycles. The maximum Gasteiger partial charge on any atom is 0.271 e. The maximum absolute atomic E-state index is 11.9. The number of nitrogens with zero attached hydrogens (tertiary/aromatic N) is 2. The molecular weight excluding hydrogens is 286 g/mol. The summed E-state index contributed by atoms with van der Waals surface area (Å²) in [6.45, 7) is 3.97. The van der Waals surface area contributed by atoms with E-state index in [1.54, 1.807) is 0 Å². The SMILES string of the molecule is CC1(C)CC(=O)CC(=NNC(=O)c2ccc([N+](=O)[O-])cc2)C1. The standard InChI is InChI=1S/C15H17N3O4/c1-15(2)8-11(7-13(19)9-15)16-17-14(20)10-3-5-12(6-4-10)18(21)22/h3-6H,7-9H2,1-2H3,(H,17,20). The van der Waals surface area contributed by atoms with Crippen molar-refractivity contribution in [2.45, 2.75) is 33.1 Å². The average molecular weight is 303 g/mol. The molecule has 1 aliphatic carbocycles. The Balaban J connectivity index is 2.04. The largest absolute Gasteiger partial charge is 0.299 e. The molecule has 22 heavy (non-hydrogen) atoms. The number of amides is 1. The summed E-state index contributed by atoms with van der Waals surface area (Å²) in [6, 6.07) is 5.25. The summed E-state index contributed by atoms with van der Waals surface area (Å²) in [4.78, 5) is 33.6. The van der Waals surface area contributed by atoms with Crippen LogP contribution in [0.5, 0.6) is 0 Å². The van der Waals surface area contributed by atoms with E-state index in [9.17, 15) is 19.7 Å². The molecule has 1 amide bonds. The molecule has 1 aliphatic rings. The quantitative estimate of drug-likeness (QED) is 0.684. The van der Waals surface area contributed by atoms with E-state index < -0.39 is 10.8 Å². The van der Waals surface area contributed by atoms with Gasteiger partial charge in [-0.3, -0.25) is 19.7 Å². The number of non-ortho nitro benzene ring substituents is 1. The Labute approximate surface area is 127 Å². The lowest BCUT2D eigenvalue weighted by Gasteiger charge is -2.28. The van der Waals surface area contributed by atoms with Gasteiger partial charge in [-0.2, -0.15) is 5.10 Å². The first-order chi connectivity index (χ1) is 10.3. The summed E-state index contributed by atoms with van der Waals surface area (Å²) in [6.07, 6.45) is 1.42. The van der Waals surface area contributed by atoms with Gasteiger partial charge in [0.25, 0.3) is 11.6 Å². The Bertz CT molecular complexity index is 647. The van der Waals surface area contributed by atoms with Gasteiger partial charge in [0, 0.05) is 36.2 Å². The van der Waals surface area contributed by atoms with E-state index in [0.29, 0.717) is 18.6 Å². The molecule has 7 nitrogen and oxygen atoms in total. The molecule has 116 valence electrons. The number of rotatable bonds is 3. The van der Waals surface area contributed by atoms with Crippen LogP contribution in [0.2, 0.25) is 0 Å². The number of nitro groups is 1. The minimum Gasteiger partial charge on any atom is -0.299 e. The number of carbonyl (C=O) groups is 2. The molecule has 1 aromatic carbocycles. The first-order valence-electron chi connectivity index (χ1n) is 6.89. The Morgan fingerprint density at radius 3 is 2.45 bits per heavy atom. The molecule has 1 aromatic rings. The molecule has 7 heteroatoms. The highest BCUT2D eigenvalue weighted by Crippen LogP contribution is 2.31. The zero-order valence-corrected chi connectivity index (χ0v) is 12.5. The van der Waals surface area contributed by atoms with Crippen molar-refractivity contribution in [3.05, 3.63) is 39.9 Å². The van der Waals surface area contributed by atoms with Crippen LogP contribution in [-0.4, -0.2) is 22.3 Å². The van der Waals surface area contributed by atoms with Crippen LogP contribution in [0.4, 0.5) is 5.69 Å². The second-order valence-electron chi connectivity index (χ2n) is 6.16. The lowest BCUT2D eigenvalue weighted by atomic mass is 9.76. The summed E-state index contributed by atoms with van der Waals surface area (Å²) >= 11 is 0. The lowest BCUT2D eigenvalue weighted by molar-refractivity contribution is -0.384. The molecule has 0 aromatic heterocycles. The molecule has 1 N–H and O–H groups in total. The molecule has 2 rings (SSSR count). The van der Waals surface area contributed by atoms with E-state index in [4.69, 9.17) is 0 Å². The van der Waals surface area contributed by atoms with Gasteiger partial charge in [-0.15, -0.1) is 0 Å². The van der Waals surface area contributed by atoms with Gasteiger partial charge < -0.3 is 0 Å². The predicted molar refractivity (Wildman–Crippen MR) is 80.6 cm³/mol. The van der Waals surface area contributed by atoms with Crippen molar-refractivity contribution in [3.8, 4) is 0 Å². The van der Waals surface area contributed by atoms with Crippen molar-refractivity contribution in [1.82, 2.24) is 5.43 Å². The zero-order chi connectivity index (χ0) is 16.3. The Morgan fingerprint density at radius 2 is 1.91 bits per heavy atom. The van der Waals surface area contributed by atoms with Gasteiger partial charge in [0.2, 0.25) is 0 Å². The average Bonchev–Trinajstić information content (AvgIpc) is 2.42. The van der Waals surface area contributed by atoms with E-state index in [2.05, 4.69) is 10.5 Å². The molecule has 0 bridgehead atoms. The molecule has 0 atom stereocenters. The second kappa shape index (κ2) is 6.05. The Morgan fingerprint density at radius 1 is 1.27 bits per heavy atom. The fourth-order valence-corrected chi connectivity index (χ4v) is 2.51. The number of carbonyl (C=O) groups excluding carboxylic acids is 2. The molecular formula is C15H17N3O4. The van der Waals surface area contributed by atoms with Gasteiger partial charge in [0.15, 0.2) is 0 Å². The summed E-state index contributed by atoms with van der Waals surface area (Å²) < 4.78 is 0. The number of nitro benzene ring substituents is 1. The lowest BCUT2D eigenvalue weighted by Crippen LogP contribution is -2.31. The van der Waals surface area contributed by atoms with Crippen molar-refractivity contribution < 1.29 is 14.5 Å². The van der Waals surface area contributed by atoms with E-state index in [1.165, 1.54) is 24.3 Å². The minimum atomic E-state index is -0.530. The topological polar surface area (TPSA) is 102 Å². The van der Waals surface area contributed by atoms with Crippen LogP contribution >= 0.6 is 0 Å². The summed E-state index contributed by atoms with van der Waals surface area (Å²) in [5.74, 6) is -0.349. The first-order valence-corrected chi connectivity index (χ1v) is 6.89. The van der Waals surface area contributed by atoms with Gasteiger partial charge in [0.05, 0.1) is 4.92 Å². The van der Waals surface area contributed by atoms with Crippen LogP contribution in [-0.2, 0) is 4.79 Å². The fourth-order valence-electron chi connectivity index (χ4n) is 2.51. The highest BCUT2D eigenvalue weighted by molar-refractivity contribution is 6.05. The van der Waals surface area contributed by atoms with Gasteiger partial charge in [0.1, 0.15) is 5.78 Å². The third-order valence-corrected chi connectivity index (χ3v) is 3.42. The third kappa shape index (κ3) is 3.97. The van der Waals surface area contributed by atoms with Crippen LogP contribution in [0.1, 0.15) is 43.5 Å². The van der Waals surface area contributed by atoms with Gasteiger partial charge in [-0.1, -0.05) is 13.8 Å². The first kappa shape index (κ1) is 15.8. The molecule has 0 heterocycles. The van der Waals surface area contributed by atoms with E-state index in [0.717, 1.165) is 0 Å². The fraction of sp³-hybridized carbons (Fsp3) is 0.400. The van der Waals surface area contributed by atoms with E-state index in [-0.39, 0.29) is 28.9 Å². The number of ketones is 1. The van der Waals surface area contributed by atoms with Gasteiger partial charge >= 0.3 is 0 Å². The number of hydrogen-bond acceptors (Lipinski definition) is 5. The normalized spacial score (nSPS) is 19.0. The predicted octanol–water partition coefficient (Wildman–Crippen LogP) is 2.46. The summed E-state index contributed by atoms with van der Waals surface area (Å²) in [5, 5.41) is 14.6. The van der Waals surface area contributed by atoms with Crippen LogP contribution in [0.3, 0.4) is 0 Å². The maximum atomic E-state index is 11.9. The van der Waals surface area contributed by atoms with Crippen molar-refractivity contribution in [1.29, 1.82) is 0 Å². The Hall–Kier alpha value is -2.57. The van der Waals surface area contributed by atoms with E-state index in [1.807, 2.05) is 13.8 Å². The van der Waals surface area contributed by atoms with Crippen molar-refractivity contribution in [3.63, 3.8) is 0 Å². The van der Waals surface area contributed by atoms with Crippen molar-refractivity contribution in [2.24, 2.45) is 10.5 Å². The monoisotopic (exact) mass is 303 g/mol. The third-order valence-electron chi connectivity index (χ3n) is 3.42. The summed E-state index contributed by atoms with van der Waals surface area (Å²) in [7, 11) is 0. The minimum absolute atomic E-state index is 0.0810. The molecule has 1 saturated carbocycles. The van der Waals surface area contributed by atoms with E-state index >= 15 is 0 Å². The second-order valence-corrected chi connectivity index (χ2v) is 6.16. The highest BCUT2D eigenvalue weighted by atomic mass is 16.6. The molecule has 0 unspecified atom stereocenters. The zero-order valence-electron chi connectivity index (χ0n) is 12.5. The number of hydrogen-bond donors (Lipinski definition) is 1. The van der Waals surface area contributed by atoms with Crippen LogP contribution < -0.4 is 5.43 Å². The highest BCUT2D eigenvalue weighted by Gasteiger charge is 2.30. The van der Waals surface area contributed by atoms with Crippen molar-refractivity contribution in [2.75, 3.05) is 0 Å². The number of Topliss-reactive ketones (excluding diaryl/α,β-unsaturated/α-hetero) is 1. The number of nitrogens with one attached hydrogen (secondary N) is 1. The smallest absolute Gasteiger partial charge is 0.271 e. The number of hydrazone groups is 1. The molecule has 0 aliphatic heterocycles.